The van der Waals surface area contributed by atoms with Gasteiger partial charge in [-0.15, -0.1) is 0 Å². The lowest BCUT2D eigenvalue weighted by molar-refractivity contribution is -0.128. The van der Waals surface area contributed by atoms with E-state index in [4.69, 9.17) is 14.2 Å². The first-order valence-corrected chi connectivity index (χ1v) is 11.6. The average Bonchev–Trinajstić information content (AvgIpc) is 2.83. The van der Waals surface area contributed by atoms with E-state index in [1.165, 1.54) is 16.4 Å². The molecule has 3 aliphatic rings. The van der Waals surface area contributed by atoms with Crippen molar-refractivity contribution < 1.29 is 27.4 Å². The Kier molecular flexibility index (Phi) is 5.07. The predicted octanol–water partition coefficient (Wildman–Crippen LogP) is 1.77. The molecule has 0 unspecified atom stereocenters. The number of para-hydroxylation sites is 1. The second kappa shape index (κ2) is 7.90. The monoisotopic (exact) mass is 442 g/mol. The minimum absolute atomic E-state index is 0.120. The lowest BCUT2D eigenvalue weighted by Gasteiger charge is -2.35. The lowest BCUT2D eigenvalue weighted by atomic mass is 10.1. The molecule has 0 aromatic heterocycles. The Morgan fingerprint density at radius 3 is 2.39 bits per heavy atom. The van der Waals surface area contributed by atoms with Crippen molar-refractivity contribution in [2.75, 3.05) is 46.0 Å². The van der Waals surface area contributed by atoms with E-state index in [2.05, 4.69) is 0 Å². The number of rotatable bonds is 3. The standard InChI is InChI=1S/C22H22N2O6S/c25-22(17-13-16-3-1-2-4-19(16)30-15-17)23-7-9-24(10-8-23)31(26,27)18-5-6-20-21(14-18)29-12-11-28-20/h1-6,13-14H,7-12,15H2. The summed E-state index contributed by atoms with van der Waals surface area (Å²) in [6.45, 7) is 2.15. The molecule has 0 radical (unpaired) electrons. The van der Waals surface area contributed by atoms with Gasteiger partial charge in [0.25, 0.3) is 5.91 Å². The summed E-state index contributed by atoms with van der Waals surface area (Å²) >= 11 is 0. The number of hydrogen-bond acceptors (Lipinski definition) is 6. The Bertz CT molecular complexity index is 1150. The minimum atomic E-state index is -3.69. The molecular weight excluding hydrogens is 420 g/mol. The van der Waals surface area contributed by atoms with Gasteiger partial charge in [0.15, 0.2) is 11.5 Å². The minimum Gasteiger partial charge on any atom is -0.488 e. The molecule has 162 valence electrons. The van der Waals surface area contributed by atoms with E-state index in [0.717, 1.165) is 11.3 Å². The van der Waals surface area contributed by atoms with Crippen LogP contribution in [0.3, 0.4) is 0 Å². The summed E-state index contributed by atoms with van der Waals surface area (Å²) in [7, 11) is -3.69. The number of carbonyl (C=O) groups is 1. The lowest BCUT2D eigenvalue weighted by Crippen LogP contribution is -2.51. The second-order valence-corrected chi connectivity index (χ2v) is 9.44. The predicted molar refractivity (Wildman–Crippen MR) is 113 cm³/mol. The zero-order chi connectivity index (χ0) is 21.4. The highest BCUT2D eigenvalue weighted by Gasteiger charge is 2.32. The van der Waals surface area contributed by atoms with Gasteiger partial charge < -0.3 is 19.1 Å². The molecule has 2 aromatic carbocycles. The Morgan fingerprint density at radius 1 is 0.839 bits per heavy atom. The van der Waals surface area contributed by atoms with Gasteiger partial charge in [-0.3, -0.25) is 4.79 Å². The first-order chi connectivity index (χ1) is 15.0. The van der Waals surface area contributed by atoms with Gasteiger partial charge in [0, 0.05) is 37.8 Å². The van der Waals surface area contributed by atoms with Crippen molar-refractivity contribution in [2.24, 2.45) is 0 Å². The van der Waals surface area contributed by atoms with Crippen molar-refractivity contribution in [2.45, 2.75) is 4.90 Å². The number of sulfonamides is 1. The molecule has 5 rings (SSSR count). The number of carbonyl (C=O) groups excluding carboxylic acids is 1. The summed E-state index contributed by atoms with van der Waals surface area (Å²) in [5.74, 6) is 1.62. The molecule has 0 N–H and O–H groups in total. The molecule has 0 bridgehead atoms. The molecule has 0 spiro atoms. The maximum atomic E-state index is 13.1. The van der Waals surface area contributed by atoms with Crippen LogP contribution < -0.4 is 14.2 Å². The van der Waals surface area contributed by atoms with E-state index in [1.54, 1.807) is 11.0 Å². The molecule has 0 aliphatic carbocycles. The summed E-state index contributed by atoms with van der Waals surface area (Å²) in [5, 5.41) is 0. The third-order valence-corrected chi connectivity index (χ3v) is 7.48. The van der Waals surface area contributed by atoms with Crippen LogP contribution in [-0.4, -0.2) is 69.5 Å². The fraction of sp³-hybridized carbons (Fsp3) is 0.318. The molecule has 1 saturated heterocycles. The Balaban J connectivity index is 1.27. The quantitative estimate of drug-likeness (QED) is 0.720. The highest BCUT2D eigenvalue weighted by atomic mass is 32.2. The summed E-state index contributed by atoms with van der Waals surface area (Å²) in [5.41, 5.74) is 1.44. The summed E-state index contributed by atoms with van der Waals surface area (Å²) in [6, 6.07) is 12.2. The van der Waals surface area contributed by atoms with Crippen LogP contribution in [0.25, 0.3) is 6.08 Å². The SMILES string of the molecule is O=C(C1=Cc2ccccc2OC1)N1CCN(S(=O)(=O)c2ccc3c(c2)OCCO3)CC1. The zero-order valence-electron chi connectivity index (χ0n) is 16.8. The van der Waals surface area contributed by atoms with Crippen LogP contribution in [0.2, 0.25) is 0 Å². The maximum Gasteiger partial charge on any atom is 0.253 e. The molecule has 2 aromatic rings. The zero-order valence-corrected chi connectivity index (χ0v) is 17.6. The van der Waals surface area contributed by atoms with Crippen molar-refractivity contribution in [3.63, 3.8) is 0 Å². The Hall–Kier alpha value is -3.04. The number of amides is 1. The number of benzene rings is 2. The largest absolute Gasteiger partial charge is 0.488 e. The van der Waals surface area contributed by atoms with Gasteiger partial charge >= 0.3 is 0 Å². The number of nitrogens with zero attached hydrogens (tertiary/aromatic N) is 2. The van der Waals surface area contributed by atoms with Gasteiger partial charge in [-0.05, 0) is 24.3 Å². The van der Waals surface area contributed by atoms with Crippen LogP contribution in [-0.2, 0) is 14.8 Å². The highest BCUT2D eigenvalue weighted by molar-refractivity contribution is 7.89. The summed E-state index contributed by atoms with van der Waals surface area (Å²) in [6.07, 6.45) is 1.85. The van der Waals surface area contributed by atoms with Crippen molar-refractivity contribution >= 4 is 22.0 Å². The van der Waals surface area contributed by atoms with E-state index < -0.39 is 10.0 Å². The fourth-order valence-electron chi connectivity index (χ4n) is 3.91. The summed E-state index contributed by atoms with van der Waals surface area (Å²) in [4.78, 5) is 14.8. The van der Waals surface area contributed by atoms with Gasteiger partial charge in [-0.25, -0.2) is 8.42 Å². The summed E-state index contributed by atoms with van der Waals surface area (Å²) < 4.78 is 44.2. The van der Waals surface area contributed by atoms with Crippen LogP contribution in [0.4, 0.5) is 0 Å². The first kappa shape index (κ1) is 19.9. The molecule has 0 atom stereocenters. The second-order valence-electron chi connectivity index (χ2n) is 7.50. The van der Waals surface area contributed by atoms with Crippen LogP contribution >= 0.6 is 0 Å². The van der Waals surface area contributed by atoms with Gasteiger partial charge in [-0.2, -0.15) is 4.31 Å². The normalized spacial score (nSPS) is 18.6. The van der Waals surface area contributed by atoms with Crippen molar-refractivity contribution in [3.05, 3.63) is 53.6 Å². The fourth-order valence-corrected chi connectivity index (χ4v) is 5.35. The third-order valence-electron chi connectivity index (χ3n) is 5.58. The van der Waals surface area contributed by atoms with E-state index in [0.29, 0.717) is 43.4 Å². The average molecular weight is 442 g/mol. The molecule has 1 fully saturated rings. The topological polar surface area (TPSA) is 85.4 Å². The molecular formula is C22H22N2O6S. The molecule has 3 heterocycles. The van der Waals surface area contributed by atoms with E-state index in [-0.39, 0.29) is 30.5 Å². The van der Waals surface area contributed by atoms with Gasteiger partial charge in [-0.1, -0.05) is 18.2 Å². The Morgan fingerprint density at radius 2 is 1.58 bits per heavy atom. The van der Waals surface area contributed by atoms with E-state index in [9.17, 15) is 13.2 Å². The molecule has 0 saturated carbocycles. The Labute approximate surface area is 180 Å². The smallest absolute Gasteiger partial charge is 0.253 e. The van der Waals surface area contributed by atoms with E-state index >= 15 is 0 Å². The number of ether oxygens (including phenoxy) is 3. The molecule has 9 heteroatoms. The van der Waals surface area contributed by atoms with Gasteiger partial charge in [0.2, 0.25) is 10.0 Å². The van der Waals surface area contributed by atoms with Crippen LogP contribution in [0.1, 0.15) is 5.56 Å². The van der Waals surface area contributed by atoms with Gasteiger partial charge in [0.1, 0.15) is 25.6 Å². The maximum absolute atomic E-state index is 13.1. The van der Waals surface area contributed by atoms with Gasteiger partial charge in [0.05, 0.1) is 10.5 Å². The third kappa shape index (κ3) is 3.75. The van der Waals surface area contributed by atoms with Crippen molar-refractivity contribution in [3.8, 4) is 17.2 Å². The number of piperazine rings is 1. The molecule has 31 heavy (non-hydrogen) atoms. The molecule has 3 aliphatic heterocycles. The van der Waals surface area contributed by atoms with E-state index in [1.807, 2.05) is 30.3 Å². The molecule has 1 amide bonds. The van der Waals surface area contributed by atoms with Crippen LogP contribution in [0, 0.1) is 0 Å². The molecule has 8 nitrogen and oxygen atoms in total. The van der Waals surface area contributed by atoms with Crippen molar-refractivity contribution in [1.29, 1.82) is 0 Å². The number of hydrogen-bond donors (Lipinski definition) is 0. The number of fused-ring (bicyclic) bond motifs is 2. The van der Waals surface area contributed by atoms with Crippen molar-refractivity contribution in [1.82, 2.24) is 9.21 Å². The first-order valence-electron chi connectivity index (χ1n) is 10.1. The highest BCUT2D eigenvalue weighted by Crippen LogP contribution is 2.33. The van der Waals surface area contributed by atoms with Crippen LogP contribution in [0.15, 0.2) is 52.9 Å². The van der Waals surface area contributed by atoms with Crippen LogP contribution in [0.5, 0.6) is 17.2 Å².